The van der Waals surface area contributed by atoms with Gasteiger partial charge in [0.15, 0.2) is 0 Å². The molecule has 0 saturated heterocycles. The van der Waals surface area contributed by atoms with E-state index in [9.17, 15) is 13.2 Å². The number of aryl methyl sites for hydroxylation is 2. The summed E-state index contributed by atoms with van der Waals surface area (Å²) in [7, 11) is -3.83. The van der Waals surface area contributed by atoms with Crippen molar-refractivity contribution in [2.24, 2.45) is 5.14 Å². The molecule has 0 aromatic heterocycles. The Kier molecular flexibility index (Phi) is 4.55. The van der Waals surface area contributed by atoms with Crippen molar-refractivity contribution >= 4 is 33.2 Å². The number of carbonyl (C=O) groups excluding carboxylic acids is 1. The summed E-state index contributed by atoms with van der Waals surface area (Å²) in [5.74, 6) is -0.344. The Morgan fingerprint density at radius 2 is 1.77 bits per heavy atom. The van der Waals surface area contributed by atoms with Crippen molar-refractivity contribution < 1.29 is 13.2 Å². The van der Waals surface area contributed by atoms with Gasteiger partial charge < -0.3 is 5.32 Å². The molecule has 0 radical (unpaired) electrons. The fourth-order valence-corrected chi connectivity index (χ4v) is 2.75. The summed E-state index contributed by atoms with van der Waals surface area (Å²) in [5, 5.41) is 8.34. The number of sulfonamides is 1. The predicted octanol–water partition coefficient (Wildman–Crippen LogP) is 2.86. The van der Waals surface area contributed by atoms with E-state index in [1.165, 1.54) is 12.1 Å². The van der Waals surface area contributed by atoms with Gasteiger partial charge in [0.05, 0.1) is 4.90 Å². The van der Waals surface area contributed by atoms with Gasteiger partial charge >= 0.3 is 0 Å². The monoisotopic (exact) mass is 338 g/mol. The maximum atomic E-state index is 12.3. The minimum atomic E-state index is -3.83. The number of rotatable bonds is 3. The number of nitrogens with one attached hydrogen (secondary N) is 1. The molecule has 22 heavy (non-hydrogen) atoms. The summed E-state index contributed by atoms with van der Waals surface area (Å²) in [6.07, 6.45) is 0. The molecule has 5 nitrogen and oxygen atoms in total. The maximum absolute atomic E-state index is 12.3. The lowest BCUT2D eigenvalue weighted by atomic mass is 10.1. The zero-order valence-electron chi connectivity index (χ0n) is 12.1. The SMILES string of the molecule is Cc1ccc(S(N)(=O)=O)cc1NC(=O)c1ccc(Cl)cc1C. The van der Waals surface area contributed by atoms with Gasteiger partial charge in [-0.3, -0.25) is 4.79 Å². The normalized spacial score (nSPS) is 11.3. The molecule has 2 aromatic rings. The van der Waals surface area contributed by atoms with Gasteiger partial charge in [-0.25, -0.2) is 13.6 Å². The van der Waals surface area contributed by atoms with Crippen molar-refractivity contribution in [2.75, 3.05) is 5.32 Å². The topological polar surface area (TPSA) is 89.3 Å². The predicted molar refractivity (Wildman–Crippen MR) is 86.7 cm³/mol. The van der Waals surface area contributed by atoms with Gasteiger partial charge in [-0.15, -0.1) is 0 Å². The molecule has 0 spiro atoms. The van der Waals surface area contributed by atoms with Crippen LogP contribution < -0.4 is 10.5 Å². The third kappa shape index (κ3) is 3.65. The molecule has 116 valence electrons. The summed E-state index contributed by atoms with van der Waals surface area (Å²) < 4.78 is 22.8. The van der Waals surface area contributed by atoms with Crippen LogP contribution in [0.2, 0.25) is 5.02 Å². The smallest absolute Gasteiger partial charge is 0.255 e. The van der Waals surface area contributed by atoms with E-state index in [0.29, 0.717) is 16.3 Å². The number of hydrogen-bond donors (Lipinski definition) is 2. The molecule has 1 amide bonds. The van der Waals surface area contributed by atoms with Gasteiger partial charge in [0.25, 0.3) is 5.91 Å². The molecule has 2 rings (SSSR count). The maximum Gasteiger partial charge on any atom is 0.255 e. The first-order valence-electron chi connectivity index (χ1n) is 6.39. The number of amides is 1. The third-order valence-electron chi connectivity index (χ3n) is 3.22. The number of halogens is 1. The highest BCUT2D eigenvalue weighted by molar-refractivity contribution is 7.89. The van der Waals surface area contributed by atoms with E-state index in [0.717, 1.165) is 11.1 Å². The van der Waals surface area contributed by atoms with Crippen LogP contribution in [0.5, 0.6) is 0 Å². The standard InChI is InChI=1S/C15H15ClN2O3S/c1-9-3-5-12(22(17,20)21)8-14(9)18-15(19)13-6-4-11(16)7-10(13)2/h3-8H,1-2H3,(H,18,19)(H2,17,20,21). The highest BCUT2D eigenvalue weighted by atomic mass is 35.5. The van der Waals surface area contributed by atoms with Gasteiger partial charge in [0, 0.05) is 16.3 Å². The van der Waals surface area contributed by atoms with Crippen LogP contribution in [-0.4, -0.2) is 14.3 Å². The average Bonchev–Trinajstić information content (AvgIpc) is 2.39. The van der Waals surface area contributed by atoms with Crippen molar-refractivity contribution in [2.45, 2.75) is 18.7 Å². The molecule has 0 saturated carbocycles. The number of nitrogens with two attached hydrogens (primary N) is 1. The Labute approximate surface area is 134 Å². The minimum absolute atomic E-state index is 0.0544. The van der Waals surface area contributed by atoms with Crippen LogP contribution in [0, 0.1) is 13.8 Å². The first kappa shape index (κ1) is 16.5. The summed E-state index contributed by atoms with van der Waals surface area (Å²) in [6.45, 7) is 3.53. The van der Waals surface area contributed by atoms with Crippen molar-refractivity contribution in [3.8, 4) is 0 Å². The lowest BCUT2D eigenvalue weighted by Crippen LogP contribution is -2.16. The second-order valence-electron chi connectivity index (χ2n) is 4.94. The van der Waals surface area contributed by atoms with Crippen LogP contribution >= 0.6 is 11.6 Å². The van der Waals surface area contributed by atoms with Crippen LogP contribution in [0.1, 0.15) is 21.5 Å². The van der Waals surface area contributed by atoms with Crippen molar-refractivity contribution in [1.82, 2.24) is 0 Å². The van der Waals surface area contributed by atoms with E-state index in [-0.39, 0.29) is 10.8 Å². The average molecular weight is 339 g/mol. The minimum Gasteiger partial charge on any atom is -0.322 e. The van der Waals surface area contributed by atoms with Gasteiger partial charge in [-0.05, 0) is 55.3 Å². The Bertz CT molecular complexity index is 848. The van der Waals surface area contributed by atoms with Crippen LogP contribution in [0.4, 0.5) is 5.69 Å². The molecule has 0 heterocycles. The molecule has 0 fully saturated rings. The molecule has 7 heteroatoms. The van der Waals surface area contributed by atoms with E-state index in [2.05, 4.69) is 5.32 Å². The highest BCUT2D eigenvalue weighted by Crippen LogP contribution is 2.21. The van der Waals surface area contributed by atoms with Crippen LogP contribution in [-0.2, 0) is 10.0 Å². The first-order chi connectivity index (χ1) is 10.2. The van der Waals surface area contributed by atoms with E-state index >= 15 is 0 Å². The molecule has 0 atom stereocenters. The number of primary sulfonamides is 1. The Morgan fingerprint density at radius 1 is 1.09 bits per heavy atom. The fourth-order valence-electron chi connectivity index (χ4n) is 1.98. The molecule has 0 unspecified atom stereocenters. The summed E-state index contributed by atoms with van der Waals surface area (Å²) in [5.41, 5.74) is 2.31. The van der Waals surface area contributed by atoms with Crippen LogP contribution in [0.25, 0.3) is 0 Å². The van der Waals surface area contributed by atoms with Crippen molar-refractivity contribution in [3.63, 3.8) is 0 Å². The molecule has 0 aliphatic rings. The number of anilines is 1. The van der Waals surface area contributed by atoms with Gasteiger partial charge in [0.2, 0.25) is 10.0 Å². The lowest BCUT2D eigenvalue weighted by molar-refractivity contribution is 0.102. The van der Waals surface area contributed by atoms with E-state index in [1.54, 1.807) is 38.1 Å². The van der Waals surface area contributed by atoms with Gasteiger partial charge in [-0.1, -0.05) is 17.7 Å². The van der Waals surface area contributed by atoms with Gasteiger partial charge in [0.1, 0.15) is 0 Å². The second kappa shape index (κ2) is 6.08. The van der Waals surface area contributed by atoms with Gasteiger partial charge in [-0.2, -0.15) is 0 Å². The van der Waals surface area contributed by atoms with Crippen LogP contribution in [0.3, 0.4) is 0 Å². The molecule has 0 aliphatic heterocycles. The largest absolute Gasteiger partial charge is 0.322 e. The quantitative estimate of drug-likeness (QED) is 0.901. The first-order valence-corrected chi connectivity index (χ1v) is 8.32. The second-order valence-corrected chi connectivity index (χ2v) is 6.93. The highest BCUT2D eigenvalue weighted by Gasteiger charge is 2.14. The van der Waals surface area contributed by atoms with Crippen LogP contribution in [0.15, 0.2) is 41.3 Å². The number of hydrogen-bond acceptors (Lipinski definition) is 3. The third-order valence-corrected chi connectivity index (χ3v) is 4.36. The van der Waals surface area contributed by atoms with E-state index < -0.39 is 10.0 Å². The molecule has 3 N–H and O–H groups in total. The lowest BCUT2D eigenvalue weighted by Gasteiger charge is -2.11. The molecular formula is C15H15ClN2O3S. The molecule has 2 aromatic carbocycles. The summed E-state index contributed by atoms with van der Waals surface area (Å²) in [4.78, 5) is 12.3. The van der Waals surface area contributed by atoms with E-state index in [4.69, 9.17) is 16.7 Å². The van der Waals surface area contributed by atoms with E-state index in [1.807, 2.05) is 0 Å². The molecular weight excluding hydrogens is 324 g/mol. The summed E-state index contributed by atoms with van der Waals surface area (Å²) in [6, 6.07) is 9.25. The Hall–Kier alpha value is -1.89. The zero-order valence-corrected chi connectivity index (χ0v) is 13.6. The Balaban J connectivity index is 2.36. The molecule has 0 bridgehead atoms. The van der Waals surface area contributed by atoms with Crippen molar-refractivity contribution in [3.05, 3.63) is 58.1 Å². The fraction of sp³-hybridized carbons (Fsp3) is 0.133. The Morgan fingerprint density at radius 3 is 2.36 bits per heavy atom. The number of benzene rings is 2. The van der Waals surface area contributed by atoms with Crippen molar-refractivity contribution in [1.29, 1.82) is 0 Å². The number of carbonyl (C=O) groups is 1. The summed E-state index contributed by atoms with van der Waals surface area (Å²) >= 11 is 5.87. The zero-order chi connectivity index (χ0) is 16.5. The molecule has 0 aliphatic carbocycles.